The molecule has 4 heteroatoms. The monoisotopic (exact) mass is 297 g/mol. The van der Waals surface area contributed by atoms with Gasteiger partial charge in [0.25, 0.3) is 0 Å². The van der Waals surface area contributed by atoms with Gasteiger partial charge in [0.1, 0.15) is 11.9 Å². The molecule has 0 aliphatic carbocycles. The van der Waals surface area contributed by atoms with Gasteiger partial charge in [-0.2, -0.15) is 0 Å². The Labute approximate surface area is 130 Å². The van der Waals surface area contributed by atoms with Gasteiger partial charge in [-0.25, -0.2) is 4.79 Å². The number of carbonyl (C=O) groups excluding carboxylic acids is 1. The van der Waals surface area contributed by atoms with E-state index >= 15 is 0 Å². The summed E-state index contributed by atoms with van der Waals surface area (Å²) in [5.74, 6) is 0.558. The van der Waals surface area contributed by atoms with Crippen LogP contribution in [0.15, 0.2) is 60.7 Å². The first-order valence-electron chi connectivity index (χ1n) is 7.44. The van der Waals surface area contributed by atoms with Crippen molar-refractivity contribution in [2.24, 2.45) is 0 Å². The lowest BCUT2D eigenvalue weighted by Crippen LogP contribution is -2.49. The summed E-state index contributed by atoms with van der Waals surface area (Å²) in [6.45, 7) is 2.97. The standard InChI is InChI=1S/C18H19NO3/c1-14-13-21-17(15-8-4-2-5-9-15)12-19(14)18(20)22-16-10-6-3-7-11-16/h2-11,14,17H,12-13H2,1H3. The molecular weight excluding hydrogens is 278 g/mol. The van der Waals surface area contributed by atoms with E-state index in [2.05, 4.69) is 0 Å². The molecule has 0 N–H and O–H groups in total. The number of ether oxygens (including phenoxy) is 2. The van der Waals surface area contributed by atoms with Crippen molar-refractivity contribution in [3.05, 3.63) is 66.2 Å². The predicted molar refractivity (Wildman–Crippen MR) is 83.8 cm³/mol. The molecule has 1 aliphatic rings. The molecule has 2 aromatic rings. The molecule has 2 unspecified atom stereocenters. The van der Waals surface area contributed by atoms with Gasteiger partial charge in [0, 0.05) is 0 Å². The number of amides is 1. The SMILES string of the molecule is CC1COC(c2ccccc2)CN1C(=O)Oc1ccccc1. The summed E-state index contributed by atoms with van der Waals surface area (Å²) >= 11 is 0. The van der Waals surface area contributed by atoms with E-state index in [0.717, 1.165) is 5.56 Å². The lowest BCUT2D eigenvalue weighted by molar-refractivity contribution is -0.0491. The third-order valence-corrected chi connectivity index (χ3v) is 3.79. The third-order valence-electron chi connectivity index (χ3n) is 3.79. The summed E-state index contributed by atoms with van der Waals surface area (Å²) in [5.41, 5.74) is 1.08. The van der Waals surface area contributed by atoms with Crippen LogP contribution in [0.5, 0.6) is 5.75 Å². The zero-order valence-electron chi connectivity index (χ0n) is 12.5. The Bertz CT molecular complexity index is 615. The number of carbonyl (C=O) groups is 1. The summed E-state index contributed by atoms with van der Waals surface area (Å²) in [7, 11) is 0. The summed E-state index contributed by atoms with van der Waals surface area (Å²) in [5, 5.41) is 0. The second-order valence-electron chi connectivity index (χ2n) is 5.42. The van der Waals surface area contributed by atoms with E-state index in [9.17, 15) is 4.79 Å². The Balaban J connectivity index is 1.70. The molecule has 3 rings (SSSR count). The summed E-state index contributed by atoms with van der Waals surface area (Å²) in [6, 6.07) is 19.1. The molecule has 1 amide bonds. The maximum Gasteiger partial charge on any atom is 0.415 e. The number of rotatable bonds is 2. The maximum absolute atomic E-state index is 12.4. The van der Waals surface area contributed by atoms with E-state index in [1.54, 1.807) is 17.0 Å². The zero-order valence-corrected chi connectivity index (χ0v) is 12.5. The van der Waals surface area contributed by atoms with Gasteiger partial charge in [0.2, 0.25) is 0 Å². The number of hydrogen-bond acceptors (Lipinski definition) is 3. The van der Waals surface area contributed by atoms with Crippen LogP contribution in [0.25, 0.3) is 0 Å². The maximum atomic E-state index is 12.4. The molecule has 0 saturated carbocycles. The van der Waals surface area contributed by atoms with Gasteiger partial charge in [-0.3, -0.25) is 4.90 Å². The van der Waals surface area contributed by atoms with Crippen LogP contribution in [0.4, 0.5) is 4.79 Å². The van der Waals surface area contributed by atoms with Crippen LogP contribution in [0.1, 0.15) is 18.6 Å². The molecule has 1 saturated heterocycles. The normalized spacial score (nSPS) is 21.4. The first-order chi connectivity index (χ1) is 10.7. The highest BCUT2D eigenvalue weighted by atomic mass is 16.6. The molecule has 2 atom stereocenters. The van der Waals surface area contributed by atoms with Crippen LogP contribution in [-0.4, -0.2) is 30.2 Å². The Morgan fingerprint density at radius 1 is 1.09 bits per heavy atom. The number of benzene rings is 2. The lowest BCUT2D eigenvalue weighted by Gasteiger charge is -2.37. The Kier molecular flexibility index (Phi) is 4.39. The van der Waals surface area contributed by atoms with E-state index in [0.29, 0.717) is 18.9 Å². The molecule has 1 aliphatic heterocycles. The minimum atomic E-state index is -0.331. The highest BCUT2D eigenvalue weighted by Gasteiger charge is 2.31. The summed E-state index contributed by atoms with van der Waals surface area (Å²) < 4.78 is 11.3. The number of para-hydroxylation sites is 1. The molecule has 22 heavy (non-hydrogen) atoms. The van der Waals surface area contributed by atoms with Gasteiger partial charge in [-0.1, -0.05) is 48.5 Å². The largest absolute Gasteiger partial charge is 0.415 e. The minimum absolute atomic E-state index is 0.00354. The van der Waals surface area contributed by atoms with Crippen molar-refractivity contribution < 1.29 is 14.3 Å². The van der Waals surface area contributed by atoms with Gasteiger partial charge in [0.05, 0.1) is 19.2 Å². The highest BCUT2D eigenvalue weighted by molar-refractivity contribution is 5.71. The molecular formula is C18H19NO3. The molecule has 114 valence electrons. The molecule has 0 spiro atoms. The van der Waals surface area contributed by atoms with E-state index in [1.807, 2.05) is 55.5 Å². The zero-order chi connectivity index (χ0) is 15.4. The average Bonchev–Trinajstić information content (AvgIpc) is 2.57. The topological polar surface area (TPSA) is 38.8 Å². The van der Waals surface area contributed by atoms with Gasteiger partial charge in [0.15, 0.2) is 0 Å². The lowest BCUT2D eigenvalue weighted by atomic mass is 10.1. The summed E-state index contributed by atoms with van der Waals surface area (Å²) in [6.07, 6.45) is -0.441. The fourth-order valence-corrected chi connectivity index (χ4v) is 2.53. The Hall–Kier alpha value is -2.33. The van der Waals surface area contributed by atoms with E-state index in [4.69, 9.17) is 9.47 Å². The third kappa shape index (κ3) is 3.28. The predicted octanol–water partition coefficient (Wildman–Crippen LogP) is 3.65. The van der Waals surface area contributed by atoms with Crippen LogP contribution in [0.2, 0.25) is 0 Å². The quantitative estimate of drug-likeness (QED) is 0.849. The number of hydrogen-bond donors (Lipinski definition) is 0. The van der Waals surface area contributed by atoms with Crippen LogP contribution < -0.4 is 4.74 Å². The van der Waals surface area contributed by atoms with E-state index in [1.165, 1.54) is 0 Å². The van der Waals surface area contributed by atoms with Gasteiger partial charge >= 0.3 is 6.09 Å². The van der Waals surface area contributed by atoms with Gasteiger partial charge in [-0.15, -0.1) is 0 Å². The molecule has 1 heterocycles. The molecule has 1 fully saturated rings. The van der Waals surface area contributed by atoms with Crippen molar-refractivity contribution in [2.45, 2.75) is 19.1 Å². The molecule has 0 radical (unpaired) electrons. The second-order valence-corrected chi connectivity index (χ2v) is 5.42. The van der Waals surface area contributed by atoms with Crippen molar-refractivity contribution in [1.29, 1.82) is 0 Å². The van der Waals surface area contributed by atoms with Crippen molar-refractivity contribution >= 4 is 6.09 Å². The first kappa shape index (κ1) is 14.6. The molecule has 4 nitrogen and oxygen atoms in total. The van der Waals surface area contributed by atoms with Crippen LogP contribution in [0, 0.1) is 0 Å². The second kappa shape index (κ2) is 6.62. The summed E-state index contributed by atoms with van der Waals surface area (Å²) in [4.78, 5) is 14.1. The fraction of sp³-hybridized carbons (Fsp3) is 0.278. The van der Waals surface area contributed by atoms with Crippen molar-refractivity contribution in [3.63, 3.8) is 0 Å². The fourth-order valence-electron chi connectivity index (χ4n) is 2.53. The Morgan fingerprint density at radius 3 is 2.41 bits per heavy atom. The molecule has 0 aromatic heterocycles. The molecule has 2 aromatic carbocycles. The van der Waals surface area contributed by atoms with Crippen LogP contribution in [0.3, 0.4) is 0 Å². The minimum Gasteiger partial charge on any atom is -0.410 e. The van der Waals surface area contributed by atoms with Crippen LogP contribution in [-0.2, 0) is 4.74 Å². The highest BCUT2D eigenvalue weighted by Crippen LogP contribution is 2.25. The van der Waals surface area contributed by atoms with Gasteiger partial charge in [-0.05, 0) is 24.6 Å². The average molecular weight is 297 g/mol. The smallest absolute Gasteiger partial charge is 0.410 e. The Morgan fingerprint density at radius 2 is 1.73 bits per heavy atom. The van der Waals surface area contributed by atoms with Crippen molar-refractivity contribution in [3.8, 4) is 5.75 Å². The number of nitrogens with zero attached hydrogens (tertiary/aromatic N) is 1. The van der Waals surface area contributed by atoms with Crippen molar-refractivity contribution in [1.82, 2.24) is 4.90 Å². The number of morpholine rings is 1. The first-order valence-corrected chi connectivity index (χ1v) is 7.44. The van der Waals surface area contributed by atoms with Gasteiger partial charge < -0.3 is 9.47 Å². The van der Waals surface area contributed by atoms with E-state index in [-0.39, 0.29) is 18.2 Å². The van der Waals surface area contributed by atoms with Crippen molar-refractivity contribution in [2.75, 3.05) is 13.2 Å². The van der Waals surface area contributed by atoms with Crippen LogP contribution >= 0.6 is 0 Å². The van der Waals surface area contributed by atoms with E-state index < -0.39 is 0 Å². The molecule has 0 bridgehead atoms.